The Labute approximate surface area is 158 Å². The third-order valence-electron chi connectivity index (χ3n) is 4.99. The smallest absolute Gasteiger partial charge is 0.254 e. The minimum Gasteiger partial charge on any atom is -0.349 e. The number of carbonyl (C=O) groups is 2. The number of benzene rings is 2. The van der Waals surface area contributed by atoms with Crippen LogP contribution in [0.2, 0.25) is 0 Å². The van der Waals surface area contributed by atoms with E-state index in [-0.39, 0.29) is 17.9 Å². The van der Waals surface area contributed by atoms with Crippen molar-refractivity contribution >= 4 is 11.8 Å². The summed E-state index contributed by atoms with van der Waals surface area (Å²) >= 11 is 0. The zero-order chi connectivity index (χ0) is 18.8. The highest BCUT2D eigenvalue weighted by atomic mass is 16.2. The summed E-state index contributed by atoms with van der Waals surface area (Å²) in [5, 5.41) is 11.9. The molecule has 27 heavy (non-hydrogen) atoms. The molecular weight excluding hydrogens is 338 g/mol. The minimum absolute atomic E-state index is 0.0162. The van der Waals surface area contributed by atoms with Crippen LogP contribution in [0.15, 0.2) is 48.5 Å². The molecule has 2 aliphatic rings. The Morgan fingerprint density at radius 3 is 2.15 bits per heavy atom. The lowest BCUT2D eigenvalue weighted by molar-refractivity contribution is 0.0729. The highest BCUT2D eigenvalue weighted by Crippen LogP contribution is 2.30. The number of nitrogens with zero attached hydrogens (tertiary/aromatic N) is 2. The third kappa shape index (κ3) is 4.17. The summed E-state index contributed by atoms with van der Waals surface area (Å²) in [6.07, 6.45) is 4.17. The van der Waals surface area contributed by atoms with Crippen LogP contribution < -0.4 is 5.32 Å². The van der Waals surface area contributed by atoms with Gasteiger partial charge in [0.05, 0.1) is 11.6 Å². The van der Waals surface area contributed by atoms with Crippen molar-refractivity contribution < 1.29 is 9.59 Å². The highest BCUT2D eigenvalue weighted by molar-refractivity contribution is 5.95. The van der Waals surface area contributed by atoms with E-state index in [0.29, 0.717) is 29.3 Å². The van der Waals surface area contributed by atoms with Gasteiger partial charge in [-0.1, -0.05) is 12.1 Å². The second kappa shape index (κ2) is 7.24. The molecule has 136 valence electrons. The van der Waals surface area contributed by atoms with Gasteiger partial charge in [0.1, 0.15) is 0 Å². The first-order chi connectivity index (χ1) is 13.1. The van der Waals surface area contributed by atoms with Crippen LogP contribution in [-0.4, -0.2) is 28.8 Å². The van der Waals surface area contributed by atoms with E-state index in [2.05, 4.69) is 11.4 Å². The largest absolute Gasteiger partial charge is 0.349 e. The van der Waals surface area contributed by atoms with Crippen LogP contribution >= 0.6 is 0 Å². The SMILES string of the molecule is N#Cc1ccc(C(=O)N(Cc2ccc(C(=O)NC3CC3)cc2)C2CC2)cc1. The molecule has 0 aliphatic heterocycles. The van der Waals surface area contributed by atoms with E-state index in [1.807, 2.05) is 29.2 Å². The Kier molecular flexibility index (Phi) is 4.64. The van der Waals surface area contributed by atoms with Gasteiger partial charge in [-0.15, -0.1) is 0 Å². The van der Waals surface area contributed by atoms with Crippen LogP contribution in [0.4, 0.5) is 0 Å². The summed E-state index contributed by atoms with van der Waals surface area (Å²) < 4.78 is 0. The zero-order valence-electron chi connectivity index (χ0n) is 15.0. The normalized spacial score (nSPS) is 15.7. The summed E-state index contributed by atoms with van der Waals surface area (Å²) in [7, 11) is 0. The van der Waals surface area contributed by atoms with Gasteiger partial charge in [0.25, 0.3) is 11.8 Å². The molecule has 0 aromatic heterocycles. The lowest BCUT2D eigenvalue weighted by Crippen LogP contribution is -2.32. The van der Waals surface area contributed by atoms with E-state index in [0.717, 1.165) is 31.2 Å². The monoisotopic (exact) mass is 359 g/mol. The van der Waals surface area contributed by atoms with Crippen LogP contribution in [0.5, 0.6) is 0 Å². The number of nitrogens with one attached hydrogen (secondary N) is 1. The Balaban J connectivity index is 1.45. The number of hydrogen-bond donors (Lipinski definition) is 1. The van der Waals surface area contributed by atoms with Crippen LogP contribution in [0.25, 0.3) is 0 Å². The van der Waals surface area contributed by atoms with Crippen LogP contribution in [0.3, 0.4) is 0 Å². The average molecular weight is 359 g/mol. The van der Waals surface area contributed by atoms with Gasteiger partial charge >= 0.3 is 0 Å². The second-order valence-electron chi connectivity index (χ2n) is 7.30. The van der Waals surface area contributed by atoms with Crippen molar-refractivity contribution in [3.05, 3.63) is 70.8 Å². The maximum Gasteiger partial charge on any atom is 0.254 e. The highest BCUT2D eigenvalue weighted by Gasteiger charge is 2.33. The molecule has 2 aromatic rings. The summed E-state index contributed by atoms with van der Waals surface area (Å²) in [6, 6.07) is 16.9. The molecule has 0 spiro atoms. The van der Waals surface area contributed by atoms with E-state index < -0.39 is 0 Å². The van der Waals surface area contributed by atoms with Gasteiger partial charge in [-0.05, 0) is 67.6 Å². The first-order valence-corrected chi connectivity index (χ1v) is 9.35. The predicted molar refractivity (Wildman–Crippen MR) is 101 cm³/mol. The number of rotatable bonds is 6. The molecule has 2 fully saturated rings. The van der Waals surface area contributed by atoms with Gasteiger partial charge in [-0.3, -0.25) is 9.59 Å². The van der Waals surface area contributed by atoms with E-state index in [9.17, 15) is 9.59 Å². The topological polar surface area (TPSA) is 73.2 Å². The Bertz CT molecular complexity index is 889. The summed E-state index contributed by atoms with van der Waals surface area (Å²) in [5.41, 5.74) is 2.81. The van der Waals surface area contributed by atoms with Crippen molar-refractivity contribution in [2.45, 2.75) is 44.3 Å². The number of nitriles is 1. The molecule has 0 saturated heterocycles. The van der Waals surface area contributed by atoms with Gasteiger partial charge in [0, 0.05) is 29.8 Å². The van der Waals surface area contributed by atoms with Gasteiger partial charge in [0.2, 0.25) is 0 Å². The maximum atomic E-state index is 12.9. The summed E-state index contributed by atoms with van der Waals surface area (Å²) in [5.74, 6) is -0.0469. The van der Waals surface area contributed by atoms with Crippen molar-refractivity contribution in [2.75, 3.05) is 0 Å². The predicted octanol–water partition coefficient (Wildman–Crippen LogP) is 3.26. The van der Waals surface area contributed by atoms with E-state index in [1.165, 1.54) is 0 Å². The van der Waals surface area contributed by atoms with Gasteiger partial charge in [-0.2, -0.15) is 5.26 Å². The number of hydrogen-bond acceptors (Lipinski definition) is 3. The van der Waals surface area contributed by atoms with Crippen molar-refractivity contribution in [2.24, 2.45) is 0 Å². The van der Waals surface area contributed by atoms with Crippen LogP contribution in [0.1, 0.15) is 57.5 Å². The summed E-state index contributed by atoms with van der Waals surface area (Å²) in [4.78, 5) is 26.9. The van der Waals surface area contributed by atoms with Gasteiger partial charge in [-0.25, -0.2) is 0 Å². The molecule has 2 saturated carbocycles. The fourth-order valence-electron chi connectivity index (χ4n) is 3.06. The fraction of sp³-hybridized carbons (Fsp3) is 0.318. The molecule has 0 unspecified atom stereocenters. The zero-order valence-corrected chi connectivity index (χ0v) is 15.0. The molecule has 2 amide bonds. The van der Waals surface area contributed by atoms with Crippen molar-refractivity contribution in [1.82, 2.24) is 10.2 Å². The second-order valence-corrected chi connectivity index (χ2v) is 7.30. The van der Waals surface area contributed by atoms with Crippen molar-refractivity contribution in [1.29, 1.82) is 5.26 Å². The first-order valence-electron chi connectivity index (χ1n) is 9.35. The Hall–Kier alpha value is -3.13. The quantitative estimate of drug-likeness (QED) is 0.860. The molecule has 0 atom stereocenters. The van der Waals surface area contributed by atoms with Gasteiger partial charge in [0.15, 0.2) is 0 Å². The van der Waals surface area contributed by atoms with E-state index >= 15 is 0 Å². The fourth-order valence-corrected chi connectivity index (χ4v) is 3.06. The summed E-state index contributed by atoms with van der Waals surface area (Å²) in [6.45, 7) is 0.522. The molecule has 5 heteroatoms. The number of amides is 2. The van der Waals surface area contributed by atoms with Crippen molar-refractivity contribution in [3.8, 4) is 6.07 Å². The standard InChI is InChI=1S/C22H21N3O2/c23-13-15-1-7-18(8-2-15)22(27)25(20-11-12-20)14-16-3-5-17(6-4-16)21(26)24-19-9-10-19/h1-8,19-20H,9-12,14H2,(H,24,26). The third-order valence-corrected chi connectivity index (χ3v) is 4.99. The Morgan fingerprint density at radius 1 is 0.963 bits per heavy atom. The molecule has 0 radical (unpaired) electrons. The van der Waals surface area contributed by atoms with E-state index in [4.69, 9.17) is 5.26 Å². The maximum absolute atomic E-state index is 12.9. The van der Waals surface area contributed by atoms with Crippen LogP contribution in [0, 0.1) is 11.3 Å². The Morgan fingerprint density at radius 2 is 1.59 bits per heavy atom. The molecule has 5 nitrogen and oxygen atoms in total. The molecule has 0 bridgehead atoms. The minimum atomic E-state index is -0.0308. The van der Waals surface area contributed by atoms with Crippen LogP contribution in [-0.2, 0) is 6.54 Å². The molecule has 1 N–H and O–H groups in total. The molecular formula is C22H21N3O2. The lowest BCUT2D eigenvalue weighted by atomic mass is 10.1. The first kappa shape index (κ1) is 17.3. The lowest BCUT2D eigenvalue weighted by Gasteiger charge is -2.23. The van der Waals surface area contributed by atoms with Crippen molar-refractivity contribution in [3.63, 3.8) is 0 Å². The van der Waals surface area contributed by atoms with E-state index in [1.54, 1.807) is 24.3 Å². The molecule has 2 aromatic carbocycles. The average Bonchev–Trinajstić information content (AvgIpc) is 3.61. The van der Waals surface area contributed by atoms with Gasteiger partial charge < -0.3 is 10.2 Å². The molecule has 4 rings (SSSR count). The number of carbonyl (C=O) groups excluding carboxylic acids is 2. The molecule has 0 heterocycles. The molecule has 2 aliphatic carbocycles.